The van der Waals surface area contributed by atoms with E-state index in [1.54, 1.807) is 30.3 Å². The largest absolute Gasteiger partial charge is 0.354 e. The Morgan fingerprint density at radius 2 is 1.44 bits per heavy atom. The van der Waals surface area contributed by atoms with E-state index in [-0.39, 0.29) is 45.4 Å². The smallest absolute Gasteiger partial charge is 0.264 e. The van der Waals surface area contributed by atoms with E-state index < -0.39 is 28.5 Å². The fourth-order valence-electron chi connectivity index (χ4n) is 4.90. The van der Waals surface area contributed by atoms with Crippen molar-refractivity contribution in [2.24, 2.45) is 5.92 Å². The summed E-state index contributed by atoms with van der Waals surface area (Å²) in [5, 5.41) is 3.12. The maximum atomic E-state index is 14.5. The molecule has 0 aromatic heterocycles. The summed E-state index contributed by atoms with van der Waals surface area (Å²) < 4.78 is 29.2. The van der Waals surface area contributed by atoms with Crippen LogP contribution in [-0.2, 0) is 32.6 Å². The lowest BCUT2D eigenvalue weighted by Gasteiger charge is -2.34. The predicted molar refractivity (Wildman–Crippen MR) is 181 cm³/mol. The van der Waals surface area contributed by atoms with Crippen molar-refractivity contribution in [1.29, 1.82) is 0 Å². The molecule has 45 heavy (non-hydrogen) atoms. The van der Waals surface area contributed by atoms with E-state index >= 15 is 0 Å². The van der Waals surface area contributed by atoms with Crippen molar-refractivity contribution < 1.29 is 18.0 Å². The van der Waals surface area contributed by atoms with Gasteiger partial charge in [0, 0.05) is 19.5 Å². The average Bonchev–Trinajstić information content (AvgIpc) is 3.02. The van der Waals surface area contributed by atoms with Gasteiger partial charge in [0.1, 0.15) is 12.6 Å². The zero-order chi connectivity index (χ0) is 32.6. The third-order valence-electron chi connectivity index (χ3n) is 7.20. The third-order valence-corrected chi connectivity index (χ3v) is 9.78. The molecular weight excluding hydrogens is 629 g/mol. The number of nitrogens with zero attached hydrogens (tertiary/aromatic N) is 2. The van der Waals surface area contributed by atoms with Gasteiger partial charge in [0.15, 0.2) is 0 Å². The minimum atomic E-state index is -4.29. The summed E-state index contributed by atoms with van der Waals surface area (Å²) in [6.45, 7) is 5.80. The molecule has 0 bridgehead atoms. The van der Waals surface area contributed by atoms with Gasteiger partial charge in [-0.1, -0.05) is 121 Å². The number of carbonyl (C=O) groups excluding carboxylic acids is 2. The van der Waals surface area contributed by atoms with Crippen LogP contribution in [0.5, 0.6) is 0 Å². The van der Waals surface area contributed by atoms with E-state index in [0.717, 1.165) is 21.0 Å². The molecule has 0 fully saturated rings. The van der Waals surface area contributed by atoms with Gasteiger partial charge in [-0.05, 0) is 48.2 Å². The molecule has 4 aromatic carbocycles. The number of sulfonamides is 1. The minimum Gasteiger partial charge on any atom is -0.354 e. The van der Waals surface area contributed by atoms with Gasteiger partial charge < -0.3 is 10.2 Å². The molecule has 0 heterocycles. The quantitative estimate of drug-likeness (QED) is 0.168. The lowest BCUT2D eigenvalue weighted by Crippen LogP contribution is -2.53. The molecule has 0 spiro atoms. The van der Waals surface area contributed by atoms with Gasteiger partial charge in [-0.25, -0.2) is 8.42 Å². The molecule has 0 aliphatic carbocycles. The summed E-state index contributed by atoms with van der Waals surface area (Å²) in [7, 11) is -4.29. The SMILES string of the molecule is Cc1cccc(CN(C(=O)CN(c2cccc(Cl)c2Cl)S(=O)(=O)c2ccccc2)[C@H](Cc2ccccc2)C(=O)NCC(C)C)c1. The topological polar surface area (TPSA) is 86.8 Å². The number of halogens is 2. The van der Waals surface area contributed by atoms with Gasteiger partial charge in [0.25, 0.3) is 10.0 Å². The van der Waals surface area contributed by atoms with Crippen LogP contribution in [-0.4, -0.2) is 44.3 Å². The van der Waals surface area contributed by atoms with E-state index in [2.05, 4.69) is 5.32 Å². The fourth-order valence-corrected chi connectivity index (χ4v) is 6.80. The van der Waals surface area contributed by atoms with E-state index in [4.69, 9.17) is 23.2 Å². The number of hydrogen-bond acceptors (Lipinski definition) is 4. The number of anilines is 1. The molecule has 0 aliphatic rings. The van der Waals surface area contributed by atoms with Crippen molar-refractivity contribution in [3.05, 3.63) is 130 Å². The third kappa shape index (κ3) is 8.87. The van der Waals surface area contributed by atoms with Crippen molar-refractivity contribution in [3.8, 4) is 0 Å². The molecule has 10 heteroatoms. The Kier molecular flexibility index (Phi) is 11.7. The Labute approximate surface area is 275 Å². The highest BCUT2D eigenvalue weighted by atomic mass is 35.5. The van der Waals surface area contributed by atoms with Gasteiger partial charge in [-0.15, -0.1) is 0 Å². The first-order valence-electron chi connectivity index (χ1n) is 14.7. The maximum Gasteiger partial charge on any atom is 0.264 e. The number of rotatable bonds is 13. The fraction of sp³-hybridized carbons (Fsp3) is 0.257. The molecule has 0 saturated heterocycles. The maximum absolute atomic E-state index is 14.5. The van der Waals surface area contributed by atoms with Crippen LogP contribution in [0.15, 0.2) is 108 Å². The molecule has 1 atom stereocenters. The van der Waals surface area contributed by atoms with Crippen LogP contribution in [0, 0.1) is 12.8 Å². The summed E-state index contributed by atoms with van der Waals surface area (Å²) in [5.41, 5.74) is 2.70. The number of amides is 2. The Morgan fingerprint density at radius 3 is 2.09 bits per heavy atom. The van der Waals surface area contributed by atoms with E-state index in [9.17, 15) is 18.0 Å². The molecule has 1 N–H and O–H groups in total. The molecular formula is C35H37Cl2N3O4S. The Balaban J connectivity index is 1.82. The van der Waals surface area contributed by atoms with Crippen molar-refractivity contribution >= 4 is 50.7 Å². The molecule has 0 saturated carbocycles. The minimum absolute atomic E-state index is 0.00720. The highest BCUT2D eigenvalue weighted by molar-refractivity contribution is 7.92. The highest BCUT2D eigenvalue weighted by Gasteiger charge is 2.35. The van der Waals surface area contributed by atoms with Gasteiger partial charge in [-0.2, -0.15) is 0 Å². The zero-order valence-electron chi connectivity index (χ0n) is 25.5. The van der Waals surface area contributed by atoms with Crippen LogP contribution >= 0.6 is 23.2 Å². The average molecular weight is 667 g/mol. The standard InChI is InChI=1S/C35H37Cl2N3O4S/c1-25(2)22-38-35(42)32(21-27-13-6-4-7-14-27)39(23-28-15-10-12-26(3)20-28)33(41)24-40(31-19-11-18-30(36)34(31)37)45(43,44)29-16-8-5-9-17-29/h4-20,25,32H,21-24H2,1-3H3,(H,38,42)/t32-/m1/s1. The molecule has 4 aromatic rings. The summed E-state index contributed by atoms with van der Waals surface area (Å²) in [4.78, 5) is 29.8. The van der Waals surface area contributed by atoms with E-state index in [1.807, 2.05) is 75.4 Å². The van der Waals surface area contributed by atoms with Gasteiger partial charge >= 0.3 is 0 Å². The molecule has 0 aliphatic heterocycles. The van der Waals surface area contributed by atoms with Crippen molar-refractivity contribution in [2.75, 3.05) is 17.4 Å². The van der Waals surface area contributed by atoms with Crippen molar-refractivity contribution in [2.45, 2.75) is 44.7 Å². The van der Waals surface area contributed by atoms with Crippen LogP contribution in [0.25, 0.3) is 0 Å². The first kappa shape index (κ1) is 34.0. The van der Waals surface area contributed by atoms with Gasteiger partial charge in [0.2, 0.25) is 11.8 Å². The molecule has 4 rings (SSSR count). The Morgan fingerprint density at radius 1 is 0.822 bits per heavy atom. The van der Waals surface area contributed by atoms with Gasteiger partial charge in [0.05, 0.1) is 20.6 Å². The second kappa shape index (κ2) is 15.4. The van der Waals surface area contributed by atoms with Gasteiger partial charge in [-0.3, -0.25) is 13.9 Å². The lowest BCUT2D eigenvalue weighted by atomic mass is 10.0. The van der Waals surface area contributed by atoms with E-state index in [0.29, 0.717) is 6.54 Å². The normalized spacial score (nSPS) is 12.0. The molecule has 7 nitrogen and oxygen atoms in total. The molecule has 236 valence electrons. The van der Waals surface area contributed by atoms with Crippen LogP contribution < -0.4 is 9.62 Å². The highest BCUT2D eigenvalue weighted by Crippen LogP contribution is 2.35. The van der Waals surface area contributed by atoms with Crippen LogP contribution in [0.2, 0.25) is 10.0 Å². The monoisotopic (exact) mass is 665 g/mol. The second-order valence-electron chi connectivity index (χ2n) is 11.3. The number of nitrogens with one attached hydrogen (secondary N) is 1. The summed E-state index contributed by atoms with van der Waals surface area (Å²) in [6.07, 6.45) is 0.228. The number of hydrogen-bond donors (Lipinski definition) is 1. The number of benzene rings is 4. The summed E-state index contributed by atoms with van der Waals surface area (Å²) in [6, 6.07) is 28.6. The summed E-state index contributed by atoms with van der Waals surface area (Å²) in [5.74, 6) is -0.719. The Hall–Kier alpha value is -3.85. The predicted octanol–water partition coefficient (Wildman–Crippen LogP) is 6.91. The van der Waals surface area contributed by atoms with E-state index in [1.165, 1.54) is 23.1 Å². The van der Waals surface area contributed by atoms with Crippen LogP contribution in [0.3, 0.4) is 0 Å². The first-order valence-corrected chi connectivity index (χ1v) is 16.9. The molecule has 2 amide bonds. The summed E-state index contributed by atoms with van der Waals surface area (Å²) >= 11 is 12.9. The number of aryl methyl sites for hydroxylation is 1. The number of carbonyl (C=O) groups is 2. The second-order valence-corrected chi connectivity index (χ2v) is 13.9. The van der Waals surface area contributed by atoms with Crippen molar-refractivity contribution in [3.63, 3.8) is 0 Å². The van der Waals surface area contributed by atoms with Crippen LogP contribution in [0.4, 0.5) is 5.69 Å². The molecule has 0 radical (unpaired) electrons. The zero-order valence-corrected chi connectivity index (χ0v) is 27.8. The first-order chi connectivity index (χ1) is 21.5. The Bertz CT molecular complexity index is 1720. The van der Waals surface area contributed by atoms with Crippen molar-refractivity contribution in [1.82, 2.24) is 10.2 Å². The molecule has 0 unspecified atom stereocenters. The lowest BCUT2D eigenvalue weighted by molar-refractivity contribution is -0.140. The van der Waals surface area contributed by atoms with Crippen LogP contribution in [0.1, 0.15) is 30.5 Å².